The van der Waals surface area contributed by atoms with Gasteiger partial charge in [0, 0.05) is 25.8 Å². The van der Waals surface area contributed by atoms with Crippen LogP contribution in [0.1, 0.15) is 18.9 Å². The van der Waals surface area contributed by atoms with Crippen molar-refractivity contribution < 1.29 is 9.66 Å². The summed E-state index contributed by atoms with van der Waals surface area (Å²) in [4.78, 5) is 14.5. The van der Waals surface area contributed by atoms with Crippen molar-refractivity contribution in [2.24, 2.45) is 10.7 Å². The molecule has 118 valence electrons. The van der Waals surface area contributed by atoms with Crippen molar-refractivity contribution in [3.63, 3.8) is 0 Å². The number of aliphatic imine (C=N–C) groups is 1. The molecule has 1 rings (SSSR count). The van der Waals surface area contributed by atoms with Gasteiger partial charge in [-0.2, -0.15) is 0 Å². The second kappa shape index (κ2) is 11.3. The molecule has 0 aliphatic carbocycles. The predicted octanol–water partition coefficient (Wildman–Crippen LogP) is 2.04. The molecular formula is C13H21IN4O3. The Morgan fingerprint density at radius 2 is 2.19 bits per heavy atom. The van der Waals surface area contributed by atoms with Crippen LogP contribution in [0.2, 0.25) is 0 Å². The van der Waals surface area contributed by atoms with Crippen LogP contribution in [0.3, 0.4) is 0 Å². The molecule has 0 aliphatic heterocycles. The molecule has 8 heteroatoms. The first-order valence-electron chi connectivity index (χ1n) is 6.49. The molecule has 0 unspecified atom stereocenters. The molecule has 0 saturated carbocycles. The smallest absolute Gasteiger partial charge is 0.274 e. The Bertz CT molecular complexity index is 468. The van der Waals surface area contributed by atoms with Crippen LogP contribution in [0.15, 0.2) is 29.3 Å². The Kier molecular flexibility index (Phi) is 10.5. The number of para-hydroxylation sites is 1. The van der Waals surface area contributed by atoms with E-state index in [1.807, 2.05) is 6.92 Å². The highest BCUT2D eigenvalue weighted by atomic mass is 127. The summed E-state index contributed by atoms with van der Waals surface area (Å²) in [5, 5.41) is 13.8. The van der Waals surface area contributed by atoms with Crippen LogP contribution in [-0.2, 0) is 11.3 Å². The summed E-state index contributed by atoms with van der Waals surface area (Å²) in [5.41, 5.74) is 6.29. The number of nitrogens with two attached hydrogens (primary N) is 1. The Balaban J connectivity index is 0.00000400. The van der Waals surface area contributed by atoms with Gasteiger partial charge in [-0.15, -0.1) is 24.0 Å². The van der Waals surface area contributed by atoms with Gasteiger partial charge in [0.25, 0.3) is 5.69 Å². The number of ether oxygens (including phenoxy) is 1. The van der Waals surface area contributed by atoms with Crippen molar-refractivity contribution in [2.75, 3.05) is 19.8 Å². The Morgan fingerprint density at radius 1 is 1.48 bits per heavy atom. The summed E-state index contributed by atoms with van der Waals surface area (Å²) < 4.78 is 5.19. The molecule has 0 saturated heterocycles. The van der Waals surface area contributed by atoms with E-state index in [0.717, 1.165) is 6.42 Å². The van der Waals surface area contributed by atoms with Gasteiger partial charge in [0.05, 0.1) is 17.0 Å². The molecule has 1 aromatic carbocycles. The molecule has 0 radical (unpaired) electrons. The highest BCUT2D eigenvalue weighted by Gasteiger charge is 2.11. The van der Waals surface area contributed by atoms with E-state index in [2.05, 4.69) is 10.3 Å². The molecule has 7 nitrogen and oxygen atoms in total. The lowest BCUT2D eigenvalue weighted by atomic mass is 10.2. The summed E-state index contributed by atoms with van der Waals surface area (Å²) in [7, 11) is 0. The van der Waals surface area contributed by atoms with Gasteiger partial charge in [0.2, 0.25) is 0 Å². The van der Waals surface area contributed by atoms with Crippen LogP contribution in [0, 0.1) is 10.1 Å². The maximum absolute atomic E-state index is 10.8. The second-order valence-corrected chi connectivity index (χ2v) is 4.06. The van der Waals surface area contributed by atoms with Gasteiger partial charge in [-0.3, -0.25) is 10.1 Å². The molecule has 21 heavy (non-hydrogen) atoms. The van der Waals surface area contributed by atoms with Crippen molar-refractivity contribution in [2.45, 2.75) is 19.9 Å². The maximum Gasteiger partial charge on any atom is 0.274 e. The highest BCUT2D eigenvalue weighted by molar-refractivity contribution is 14.0. The molecule has 3 N–H and O–H groups in total. The number of guanidine groups is 1. The van der Waals surface area contributed by atoms with Gasteiger partial charge in [-0.1, -0.05) is 18.2 Å². The number of nitrogens with one attached hydrogen (secondary N) is 1. The van der Waals surface area contributed by atoms with Crippen molar-refractivity contribution in [3.8, 4) is 0 Å². The molecular weight excluding hydrogens is 387 g/mol. The Morgan fingerprint density at radius 3 is 2.86 bits per heavy atom. The first-order chi connectivity index (χ1) is 9.65. The lowest BCUT2D eigenvalue weighted by Crippen LogP contribution is -2.32. The van der Waals surface area contributed by atoms with Gasteiger partial charge in [0.1, 0.15) is 0 Å². The summed E-state index contributed by atoms with van der Waals surface area (Å²) in [5.74, 6) is 0.277. The molecule has 0 amide bonds. The van der Waals surface area contributed by atoms with Crippen molar-refractivity contribution in [1.82, 2.24) is 5.32 Å². The minimum atomic E-state index is -0.420. The van der Waals surface area contributed by atoms with Gasteiger partial charge in [-0.25, -0.2) is 4.99 Å². The first-order valence-corrected chi connectivity index (χ1v) is 6.49. The number of benzene rings is 1. The van der Waals surface area contributed by atoms with Crippen LogP contribution in [0.5, 0.6) is 0 Å². The molecule has 0 aromatic heterocycles. The van der Waals surface area contributed by atoms with Crippen LogP contribution in [0.4, 0.5) is 5.69 Å². The average Bonchev–Trinajstić information content (AvgIpc) is 2.45. The third-order valence-electron chi connectivity index (χ3n) is 2.58. The van der Waals surface area contributed by atoms with E-state index in [1.54, 1.807) is 18.2 Å². The van der Waals surface area contributed by atoms with Gasteiger partial charge >= 0.3 is 0 Å². The van der Waals surface area contributed by atoms with Crippen molar-refractivity contribution in [1.29, 1.82) is 0 Å². The quantitative estimate of drug-likeness (QED) is 0.171. The standard InChI is InChI=1S/C13H20N4O3.HI/c1-2-20-9-5-8-15-13(14)16-10-11-6-3-4-7-12(11)17(18)19;/h3-4,6-7H,2,5,8-10H2,1H3,(H3,14,15,16);1H. The normalized spacial score (nSPS) is 10.8. The monoisotopic (exact) mass is 408 g/mol. The lowest BCUT2D eigenvalue weighted by Gasteiger charge is -2.06. The number of rotatable bonds is 8. The molecule has 0 bridgehead atoms. The fraction of sp³-hybridized carbons (Fsp3) is 0.462. The summed E-state index contributed by atoms with van der Waals surface area (Å²) in [6.45, 7) is 4.14. The van der Waals surface area contributed by atoms with E-state index in [0.29, 0.717) is 25.3 Å². The zero-order valence-electron chi connectivity index (χ0n) is 11.9. The molecule has 1 aromatic rings. The molecule has 0 atom stereocenters. The number of hydrogen-bond donors (Lipinski definition) is 2. The van der Waals surface area contributed by atoms with Gasteiger partial charge < -0.3 is 15.8 Å². The Labute approximate surface area is 141 Å². The molecule has 0 spiro atoms. The predicted molar refractivity (Wildman–Crippen MR) is 93.0 cm³/mol. The lowest BCUT2D eigenvalue weighted by molar-refractivity contribution is -0.385. The highest BCUT2D eigenvalue weighted by Crippen LogP contribution is 2.18. The SMILES string of the molecule is CCOCCCNC(N)=NCc1ccccc1[N+](=O)[O-].I. The summed E-state index contributed by atoms with van der Waals surface area (Å²) in [6.07, 6.45) is 0.829. The van der Waals surface area contributed by atoms with Crippen molar-refractivity contribution >= 4 is 35.6 Å². The first kappa shape index (κ1) is 19.6. The fourth-order valence-electron chi connectivity index (χ4n) is 1.58. The van der Waals surface area contributed by atoms with Crippen LogP contribution in [-0.4, -0.2) is 30.6 Å². The maximum atomic E-state index is 10.8. The summed E-state index contributed by atoms with van der Waals surface area (Å²) in [6, 6.07) is 6.49. The third kappa shape index (κ3) is 7.81. The zero-order chi connectivity index (χ0) is 14.8. The van der Waals surface area contributed by atoms with E-state index < -0.39 is 4.92 Å². The average molecular weight is 408 g/mol. The number of nitrogens with zero attached hydrogens (tertiary/aromatic N) is 2. The summed E-state index contributed by atoms with van der Waals surface area (Å²) >= 11 is 0. The number of nitro benzene ring substituents is 1. The number of halogens is 1. The van der Waals surface area contributed by atoms with Crippen LogP contribution in [0.25, 0.3) is 0 Å². The van der Waals surface area contributed by atoms with Crippen LogP contribution < -0.4 is 11.1 Å². The second-order valence-electron chi connectivity index (χ2n) is 4.06. The molecule has 0 aliphatic rings. The number of hydrogen-bond acceptors (Lipinski definition) is 4. The van der Waals surface area contributed by atoms with E-state index >= 15 is 0 Å². The topological polar surface area (TPSA) is 103 Å². The minimum Gasteiger partial charge on any atom is -0.382 e. The van der Waals surface area contributed by atoms with Crippen LogP contribution >= 0.6 is 24.0 Å². The van der Waals surface area contributed by atoms with E-state index in [-0.39, 0.29) is 42.2 Å². The Hall–Kier alpha value is -1.42. The zero-order valence-corrected chi connectivity index (χ0v) is 14.3. The van der Waals surface area contributed by atoms with E-state index in [9.17, 15) is 10.1 Å². The van der Waals surface area contributed by atoms with E-state index in [1.165, 1.54) is 6.07 Å². The fourth-order valence-corrected chi connectivity index (χ4v) is 1.58. The van der Waals surface area contributed by atoms with Crippen molar-refractivity contribution in [3.05, 3.63) is 39.9 Å². The number of nitro groups is 1. The van der Waals surface area contributed by atoms with Gasteiger partial charge in [0.15, 0.2) is 5.96 Å². The van der Waals surface area contributed by atoms with Gasteiger partial charge in [-0.05, 0) is 13.3 Å². The minimum absolute atomic E-state index is 0. The molecule has 0 heterocycles. The van der Waals surface area contributed by atoms with E-state index in [4.69, 9.17) is 10.5 Å². The third-order valence-corrected chi connectivity index (χ3v) is 2.58. The molecule has 0 fully saturated rings. The largest absolute Gasteiger partial charge is 0.382 e.